The maximum absolute atomic E-state index is 12.6. The summed E-state index contributed by atoms with van der Waals surface area (Å²) in [6.45, 7) is 1.66. The molecular weight excluding hydrogens is 366 g/mol. The Kier molecular flexibility index (Phi) is 5.27. The molecule has 0 spiro atoms. The summed E-state index contributed by atoms with van der Waals surface area (Å²) in [4.78, 5) is 20.5. The molecule has 3 rings (SSSR count). The second-order valence-electron chi connectivity index (χ2n) is 5.21. The Balaban J connectivity index is 1.66. The largest absolute Gasteiger partial charge is 0.382 e. The molecule has 1 amide bonds. The molecule has 11 heteroatoms. The summed E-state index contributed by atoms with van der Waals surface area (Å²) >= 11 is 1.12. The lowest BCUT2D eigenvalue weighted by Crippen LogP contribution is -2.40. The molecule has 9 nitrogen and oxygen atoms in total. The zero-order chi connectivity index (χ0) is 17.9. The van der Waals surface area contributed by atoms with Crippen molar-refractivity contribution < 1.29 is 17.9 Å². The van der Waals surface area contributed by atoms with Gasteiger partial charge in [0, 0.05) is 30.4 Å². The maximum atomic E-state index is 12.6. The third-order valence-corrected chi connectivity index (χ3v) is 7.02. The van der Waals surface area contributed by atoms with E-state index < -0.39 is 15.9 Å². The van der Waals surface area contributed by atoms with Crippen LogP contribution in [-0.4, -0.2) is 54.9 Å². The summed E-state index contributed by atoms with van der Waals surface area (Å²) in [7, 11) is -3.52. The first-order chi connectivity index (χ1) is 12.0. The molecule has 0 aliphatic carbocycles. The number of nitrogens with two attached hydrogens (primary N) is 1. The number of thiophene rings is 1. The molecule has 0 bridgehead atoms. The van der Waals surface area contributed by atoms with Crippen LogP contribution >= 0.6 is 11.3 Å². The van der Waals surface area contributed by atoms with Gasteiger partial charge in [0.25, 0.3) is 15.9 Å². The van der Waals surface area contributed by atoms with E-state index in [-0.39, 0.29) is 22.3 Å². The monoisotopic (exact) mass is 383 g/mol. The number of carbonyl (C=O) groups is 1. The van der Waals surface area contributed by atoms with Crippen molar-refractivity contribution in [2.45, 2.75) is 10.8 Å². The van der Waals surface area contributed by atoms with Crippen LogP contribution in [0.15, 0.2) is 28.7 Å². The van der Waals surface area contributed by atoms with E-state index in [1.54, 1.807) is 12.1 Å². The number of amides is 1. The van der Waals surface area contributed by atoms with E-state index in [4.69, 9.17) is 10.5 Å². The van der Waals surface area contributed by atoms with Crippen LogP contribution in [-0.2, 0) is 21.3 Å². The fourth-order valence-corrected chi connectivity index (χ4v) is 5.14. The van der Waals surface area contributed by atoms with Crippen molar-refractivity contribution in [2.75, 3.05) is 32.0 Å². The number of ether oxygens (including phenoxy) is 1. The van der Waals surface area contributed by atoms with Gasteiger partial charge in [0.05, 0.1) is 19.8 Å². The van der Waals surface area contributed by atoms with Gasteiger partial charge in [-0.05, 0) is 12.1 Å². The van der Waals surface area contributed by atoms with Gasteiger partial charge in [-0.15, -0.1) is 11.3 Å². The molecule has 0 saturated carbocycles. The number of carbonyl (C=O) groups excluding carboxylic acids is 1. The van der Waals surface area contributed by atoms with Crippen LogP contribution in [0, 0.1) is 0 Å². The fourth-order valence-electron chi connectivity index (χ4n) is 2.28. The zero-order valence-electron chi connectivity index (χ0n) is 13.2. The number of rotatable bonds is 5. The quantitative estimate of drug-likeness (QED) is 0.748. The fraction of sp³-hybridized carbons (Fsp3) is 0.357. The molecule has 134 valence electrons. The summed E-state index contributed by atoms with van der Waals surface area (Å²) in [6, 6.07) is 3.23. The Morgan fingerprint density at radius 3 is 2.72 bits per heavy atom. The number of hydrogen-bond donors (Lipinski definition) is 2. The molecule has 1 aliphatic rings. The lowest BCUT2D eigenvalue weighted by atomic mass is 10.3. The van der Waals surface area contributed by atoms with Gasteiger partial charge >= 0.3 is 0 Å². The Hall–Kier alpha value is -2.08. The van der Waals surface area contributed by atoms with E-state index in [2.05, 4.69) is 15.3 Å². The third kappa shape index (κ3) is 3.95. The number of anilines is 1. The van der Waals surface area contributed by atoms with E-state index in [1.165, 1.54) is 16.7 Å². The van der Waals surface area contributed by atoms with Gasteiger partial charge in [0.1, 0.15) is 4.21 Å². The number of nitrogens with zero attached hydrogens (tertiary/aromatic N) is 3. The molecule has 1 saturated heterocycles. The minimum atomic E-state index is -3.52. The molecule has 1 aliphatic heterocycles. The predicted octanol–water partition coefficient (Wildman–Crippen LogP) is 0.0712. The third-order valence-electron chi connectivity index (χ3n) is 3.57. The van der Waals surface area contributed by atoms with Crippen molar-refractivity contribution in [2.24, 2.45) is 0 Å². The van der Waals surface area contributed by atoms with Gasteiger partial charge in [0.15, 0.2) is 11.5 Å². The average molecular weight is 383 g/mol. The molecule has 0 atom stereocenters. The van der Waals surface area contributed by atoms with Crippen LogP contribution in [0.1, 0.15) is 15.4 Å². The van der Waals surface area contributed by atoms with Crippen molar-refractivity contribution in [1.29, 1.82) is 0 Å². The Bertz CT molecular complexity index is 862. The van der Waals surface area contributed by atoms with E-state index in [0.717, 1.165) is 11.3 Å². The van der Waals surface area contributed by atoms with Gasteiger partial charge in [-0.2, -0.15) is 4.31 Å². The number of aromatic nitrogens is 2. The maximum Gasteiger partial charge on any atom is 0.274 e. The molecule has 0 aromatic carbocycles. The highest BCUT2D eigenvalue weighted by Crippen LogP contribution is 2.25. The highest BCUT2D eigenvalue weighted by molar-refractivity contribution is 7.91. The number of nitrogen functional groups attached to an aromatic ring is 1. The van der Waals surface area contributed by atoms with Crippen molar-refractivity contribution in [1.82, 2.24) is 19.6 Å². The predicted molar refractivity (Wildman–Crippen MR) is 91.5 cm³/mol. The van der Waals surface area contributed by atoms with Crippen molar-refractivity contribution in [3.63, 3.8) is 0 Å². The standard InChI is InChI=1S/C14H17N5O4S2/c15-13-12(16-3-4-17-13)14(20)18-9-10-1-2-11(24-10)25(21,22)19-5-7-23-8-6-19/h1-4H,5-9H2,(H2,15,17)(H,18,20). The minimum absolute atomic E-state index is 0.0419. The first-order valence-corrected chi connectivity index (χ1v) is 9.75. The molecule has 3 N–H and O–H groups in total. The number of hydrogen-bond acceptors (Lipinski definition) is 8. The topological polar surface area (TPSA) is 128 Å². The van der Waals surface area contributed by atoms with Gasteiger partial charge in [-0.25, -0.2) is 18.4 Å². The lowest BCUT2D eigenvalue weighted by molar-refractivity contribution is 0.0731. The van der Waals surface area contributed by atoms with Crippen LogP contribution in [0.4, 0.5) is 5.82 Å². The van der Waals surface area contributed by atoms with E-state index >= 15 is 0 Å². The summed E-state index contributed by atoms with van der Waals surface area (Å²) in [6.07, 6.45) is 2.78. The number of nitrogens with one attached hydrogen (secondary N) is 1. The van der Waals surface area contributed by atoms with Gasteiger partial charge in [0.2, 0.25) is 0 Å². The van der Waals surface area contributed by atoms with E-state index in [9.17, 15) is 13.2 Å². The summed E-state index contributed by atoms with van der Waals surface area (Å²) in [5, 5.41) is 2.66. The Morgan fingerprint density at radius 1 is 1.28 bits per heavy atom. The van der Waals surface area contributed by atoms with Crippen LogP contribution in [0.2, 0.25) is 0 Å². The molecule has 0 unspecified atom stereocenters. The molecule has 2 aromatic rings. The van der Waals surface area contributed by atoms with Crippen molar-refractivity contribution in [3.8, 4) is 0 Å². The van der Waals surface area contributed by atoms with Crippen LogP contribution in [0.3, 0.4) is 0 Å². The van der Waals surface area contributed by atoms with Crippen LogP contribution < -0.4 is 11.1 Å². The molecular formula is C14H17N5O4S2. The van der Waals surface area contributed by atoms with Gasteiger partial charge in [-0.1, -0.05) is 0 Å². The van der Waals surface area contributed by atoms with Gasteiger partial charge < -0.3 is 15.8 Å². The number of morpholine rings is 1. The van der Waals surface area contributed by atoms with Crippen molar-refractivity contribution in [3.05, 3.63) is 35.1 Å². The van der Waals surface area contributed by atoms with Crippen LogP contribution in [0.5, 0.6) is 0 Å². The average Bonchev–Trinajstić information content (AvgIpc) is 3.11. The van der Waals surface area contributed by atoms with Gasteiger partial charge in [-0.3, -0.25) is 4.79 Å². The lowest BCUT2D eigenvalue weighted by Gasteiger charge is -2.25. The number of sulfonamides is 1. The summed E-state index contributed by atoms with van der Waals surface area (Å²) in [5.41, 5.74) is 5.65. The second-order valence-corrected chi connectivity index (χ2v) is 8.54. The Labute approximate surface area is 148 Å². The summed E-state index contributed by atoms with van der Waals surface area (Å²) < 4.78 is 32.0. The molecule has 0 radical (unpaired) electrons. The first-order valence-electron chi connectivity index (χ1n) is 7.50. The SMILES string of the molecule is Nc1nccnc1C(=O)NCc1ccc(S(=O)(=O)N2CCOCC2)s1. The van der Waals surface area contributed by atoms with Crippen molar-refractivity contribution >= 4 is 33.1 Å². The molecule has 2 aromatic heterocycles. The highest BCUT2D eigenvalue weighted by atomic mass is 32.2. The molecule has 25 heavy (non-hydrogen) atoms. The molecule has 3 heterocycles. The second kappa shape index (κ2) is 7.44. The Morgan fingerprint density at radius 2 is 2.00 bits per heavy atom. The first kappa shape index (κ1) is 17.7. The normalized spacial score (nSPS) is 15.8. The summed E-state index contributed by atoms with van der Waals surface area (Å²) in [5.74, 6) is -0.418. The highest BCUT2D eigenvalue weighted by Gasteiger charge is 2.27. The molecule has 1 fully saturated rings. The van der Waals surface area contributed by atoms with Crippen LogP contribution in [0.25, 0.3) is 0 Å². The minimum Gasteiger partial charge on any atom is -0.382 e. The zero-order valence-corrected chi connectivity index (χ0v) is 14.8. The van der Waals surface area contributed by atoms with E-state index in [0.29, 0.717) is 31.2 Å². The smallest absolute Gasteiger partial charge is 0.274 e. The van der Waals surface area contributed by atoms with E-state index in [1.807, 2.05) is 0 Å².